The summed E-state index contributed by atoms with van der Waals surface area (Å²) in [6, 6.07) is 11.9. The summed E-state index contributed by atoms with van der Waals surface area (Å²) < 4.78 is 6.82. The normalized spacial score (nSPS) is 10.4. The second kappa shape index (κ2) is 5.44. The number of para-hydroxylation sites is 1. The van der Waals surface area contributed by atoms with E-state index in [1.807, 2.05) is 24.3 Å². The third-order valence-electron chi connectivity index (χ3n) is 2.89. The highest BCUT2D eigenvalue weighted by molar-refractivity contribution is 9.10. The van der Waals surface area contributed by atoms with E-state index in [4.69, 9.17) is 10.5 Å². The molecular formula is C15H16BrNO. The summed E-state index contributed by atoms with van der Waals surface area (Å²) in [6.45, 7) is 4.62. The van der Waals surface area contributed by atoms with Crippen molar-refractivity contribution in [3.8, 4) is 5.75 Å². The molecule has 94 valence electrons. The molecule has 0 aliphatic rings. The molecule has 0 saturated carbocycles. The second-order valence-corrected chi connectivity index (χ2v) is 5.12. The Bertz CT molecular complexity index is 546. The van der Waals surface area contributed by atoms with Gasteiger partial charge in [0.2, 0.25) is 0 Å². The second-order valence-electron chi connectivity index (χ2n) is 4.33. The molecule has 2 rings (SSSR count). The predicted octanol–water partition coefficient (Wildman–Crippen LogP) is 4.23. The lowest BCUT2D eigenvalue weighted by Crippen LogP contribution is -2.01. The van der Waals surface area contributed by atoms with Gasteiger partial charge in [0.05, 0.1) is 0 Å². The van der Waals surface area contributed by atoms with Gasteiger partial charge in [-0.05, 0) is 47.0 Å². The number of aryl methyl sites for hydroxylation is 2. The van der Waals surface area contributed by atoms with Crippen molar-refractivity contribution in [2.75, 3.05) is 5.73 Å². The molecule has 0 aliphatic heterocycles. The van der Waals surface area contributed by atoms with Crippen LogP contribution in [0.15, 0.2) is 40.9 Å². The quantitative estimate of drug-likeness (QED) is 0.861. The van der Waals surface area contributed by atoms with Gasteiger partial charge in [-0.1, -0.05) is 30.3 Å². The van der Waals surface area contributed by atoms with Crippen molar-refractivity contribution in [3.63, 3.8) is 0 Å². The molecule has 2 aromatic rings. The predicted molar refractivity (Wildman–Crippen MR) is 78.8 cm³/mol. The van der Waals surface area contributed by atoms with Crippen LogP contribution in [0.25, 0.3) is 0 Å². The monoisotopic (exact) mass is 305 g/mol. The molecule has 0 heterocycles. The van der Waals surface area contributed by atoms with Crippen LogP contribution in [0.5, 0.6) is 5.75 Å². The zero-order valence-electron chi connectivity index (χ0n) is 10.5. The third kappa shape index (κ3) is 2.67. The number of nitrogens with two attached hydrogens (primary N) is 1. The van der Waals surface area contributed by atoms with E-state index in [-0.39, 0.29) is 0 Å². The topological polar surface area (TPSA) is 35.2 Å². The SMILES string of the molecule is Cc1cccc(C)c1OCc1cccc(N)c1Br. The summed E-state index contributed by atoms with van der Waals surface area (Å²) in [5.41, 5.74) is 9.93. The molecule has 2 aromatic carbocycles. The van der Waals surface area contributed by atoms with Gasteiger partial charge in [-0.2, -0.15) is 0 Å². The van der Waals surface area contributed by atoms with Gasteiger partial charge in [0.15, 0.2) is 0 Å². The number of halogens is 1. The minimum atomic E-state index is 0.511. The van der Waals surface area contributed by atoms with Crippen molar-refractivity contribution >= 4 is 21.6 Å². The van der Waals surface area contributed by atoms with Crippen LogP contribution in [0.2, 0.25) is 0 Å². The number of nitrogen functional groups attached to an aromatic ring is 1. The molecule has 0 radical (unpaired) electrons. The number of hydrogen-bond acceptors (Lipinski definition) is 2. The molecule has 0 aliphatic carbocycles. The molecule has 0 unspecified atom stereocenters. The Labute approximate surface area is 116 Å². The zero-order valence-corrected chi connectivity index (χ0v) is 12.1. The lowest BCUT2D eigenvalue weighted by molar-refractivity contribution is 0.301. The summed E-state index contributed by atoms with van der Waals surface area (Å²) in [4.78, 5) is 0. The van der Waals surface area contributed by atoms with Gasteiger partial charge in [0.25, 0.3) is 0 Å². The number of ether oxygens (including phenoxy) is 1. The van der Waals surface area contributed by atoms with Crippen molar-refractivity contribution in [2.24, 2.45) is 0 Å². The molecule has 2 N–H and O–H groups in total. The number of hydrogen-bond donors (Lipinski definition) is 1. The first-order valence-corrected chi connectivity index (χ1v) is 6.61. The Morgan fingerprint density at radius 2 is 1.67 bits per heavy atom. The molecule has 18 heavy (non-hydrogen) atoms. The minimum Gasteiger partial charge on any atom is -0.488 e. The van der Waals surface area contributed by atoms with E-state index in [2.05, 4.69) is 41.9 Å². The first-order chi connectivity index (χ1) is 8.59. The van der Waals surface area contributed by atoms with Crippen LogP contribution in [0, 0.1) is 13.8 Å². The Balaban J connectivity index is 2.19. The van der Waals surface area contributed by atoms with Gasteiger partial charge >= 0.3 is 0 Å². The van der Waals surface area contributed by atoms with Crippen LogP contribution in [-0.2, 0) is 6.61 Å². The Morgan fingerprint density at radius 1 is 1.06 bits per heavy atom. The average Bonchev–Trinajstić information content (AvgIpc) is 2.33. The van der Waals surface area contributed by atoms with Crippen LogP contribution < -0.4 is 10.5 Å². The molecular weight excluding hydrogens is 290 g/mol. The van der Waals surface area contributed by atoms with Crippen molar-refractivity contribution in [3.05, 3.63) is 57.6 Å². The van der Waals surface area contributed by atoms with Crippen LogP contribution in [0.4, 0.5) is 5.69 Å². The maximum Gasteiger partial charge on any atom is 0.125 e. The number of anilines is 1. The largest absolute Gasteiger partial charge is 0.488 e. The van der Waals surface area contributed by atoms with Gasteiger partial charge < -0.3 is 10.5 Å². The Morgan fingerprint density at radius 3 is 2.33 bits per heavy atom. The Hall–Kier alpha value is -1.48. The summed E-state index contributed by atoms with van der Waals surface area (Å²) in [5, 5.41) is 0. The van der Waals surface area contributed by atoms with E-state index in [1.54, 1.807) is 0 Å². The standard InChI is InChI=1S/C15H16BrNO/c1-10-5-3-6-11(2)15(10)18-9-12-7-4-8-13(17)14(12)16/h3-8H,9,17H2,1-2H3. The van der Waals surface area contributed by atoms with Crippen molar-refractivity contribution < 1.29 is 4.74 Å². The lowest BCUT2D eigenvalue weighted by Gasteiger charge is -2.13. The fraction of sp³-hybridized carbons (Fsp3) is 0.200. The lowest BCUT2D eigenvalue weighted by atomic mass is 10.1. The smallest absolute Gasteiger partial charge is 0.125 e. The summed E-state index contributed by atoms with van der Waals surface area (Å²) in [5.74, 6) is 0.951. The van der Waals surface area contributed by atoms with Crippen LogP contribution in [0.1, 0.15) is 16.7 Å². The molecule has 0 bridgehead atoms. The van der Waals surface area contributed by atoms with Gasteiger partial charge in [-0.3, -0.25) is 0 Å². The van der Waals surface area contributed by atoms with Crippen LogP contribution in [0.3, 0.4) is 0 Å². The third-order valence-corrected chi connectivity index (χ3v) is 3.86. The van der Waals surface area contributed by atoms with Crippen LogP contribution >= 0.6 is 15.9 Å². The van der Waals surface area contributed by atoms with E-state index in [1.165, 1.54) is 0 Å². The van der Waals surface area contributed by atoms with Crippen molar-refractivity contribution in [2.45, 2.75) is 20.5 Å². The average molecular weight is 306 g/mol. The van der Waals surface area contributed by atoms with Gasteiger partial charge in [0.1, 0.15) is 12.4 Å². The van der Waals surface area contributed by atoms with E-state index < -0.39 is 0 Å². The molecule has 0 amide bonds. The van der Waals surface area contributed by atoms with E-state index in [9.17, 15) is 0 Å². The highest BCUT2D eigenvalue weighted by Gasteiger charge is 2.06. The number of rotatable bonds is 3. The Kier molecular flexibility index (Phi) is 3.92. The molecule has 0 atom stereocenters. The van der Waals surface area contributed by atoms with Gasteiger partial charge in [0, 0.05) is 15.7 Å². The van der Waals surface area contributed by atoms with E-state index in [0.29, 0.717) is 6.61 Å². The molecule has 0 saturated heterocycles. The van der Waals surface area contributed by atoms with Crippen molar-refractivity contribution in [1.29, 1.82) is 0 Å². The van der Waals surface area contributed by atoms with E-state index in [0.717, 1.165) is 32.6 Å². The zero-order chi connectivity index (χ0) is 13.1. The maximum absolute atomic E-state index is 5.90. The van der Waals surface area contributed by atoms with Crippen molar-refractivity contribution in [1.82, 2.24) is 0 Å². The molecule has 0 spiro atoms. The van der Waals surface area contributed by atoms with E-state index >= 15 is 0 Å². The minimum absolute atomic E-state index is 0.511. The number of benzene rings is 2. The fourth-order valence-electron chi connectivity index (χ4n) is 1.89. The first-order valence-electron chi connectivity index (χ1n) is 5.81. The summed E-state index contributed by atoms with van der Waals surface area (Å²) >= 11 is 3.49. The maximum atomic E-state index is 5.90. The van der Waals surface area contributed by atoms with Gasteiger partial charge in [-0.15, -0.1) is 0 Å². The highest BCUT2D eigenvalue weighted by Crippen LogP contribution is 2.27. The molecule has 3 heteroatoms. The van der Waals surface area contributed by atoms with Gasteiger partial charge in [-0.25, -0.2) is 0 Å². The molecule has 2 nitrogen and oxygen atoms in total. The first kappa shape index (κ1) is 13.0. The van der Waals surface area contributed by atoms with Crippen LogP contribution in [-0.4, -0.2) is 0 Å². The highest BCUT2D eigenvalue weighted by atomic mass is 79.9. The summed E-state index contributed by atoms with van der Waals surface area (Å²) in [6.07, 6.45) is 0. The molecule has 0 fully saturated rings. The fourth-order valence-corrected chi connectivity index (χ4v) is 2.27. The molecule has 0 aromatic heterocycles. The summed E-state index contributed by atoms with van der Waals surface area (Å²) in [7, 11) is 0.